The summed E-state index contributed by atoms with van der Waals surface area (Å²) < 4.78 is 29.3. The maximum atomic E-state index is 11.3. The Bertz CT molecular complexity index is 1160. The van der Waals surface area contributed by atoms with Gasteiger partial charge in [0, 0.05) is 37.1 Å². The number of quaternary nitrogens is 1. The highest BCUT2D eigenvalue weighted by Crippen LogP contribution is 2.12. The molecule has 1 rings (SSSR count). The molecular weight excluding hydrogens is 736 g/mol. The molecule has 0 saturated carbocycles. The van der Waals surface area contributed by atoms with Gasteiger partial charge < -0.3 is 64.1 Å². The van der Waals surface area contributed by atoms with Crippen LogP contribution in [0.25, 0.3) is 0 Å². The molecule has 0 aromatic heterocycles. The van der Waals surface area contributed by atoms with E-state index in [2.05, 4.69) is 78.0 Å². The van der Waals surface area contributed by atoms with E-state index in [4.69, 9.17) is 18.9 Å². The SMILES string of the molecule is C=CC(=O)OCCOCCOCC(=O)NCC(=O)[O-].C=CC(=O)OCCOCCOCC(=O)ON1C(=O)CCC1=O.CCN(C(C)C)C(C)C.[NH3+]CC(=O)[O-]. The van der Waals surface area contributed by atoms with Crippen LogP contribution in [0.15, 0.2) is 25.3 Å². The first-order chi connectivity index (χ1) is 26.0. The van der Waals surface area contributed by atoms with Crippen molar-refractivity contribution >= 4 is 47.6 Å². The summed E-state index contributed by atoms with van der Waals surface area (Å²) in [5.74, 6) is -6.02. The molecule has 21 nitrogen and oxygen atoms in total. The molecule has 3 amide bonds. The molecule has 0 atom stereocenters. The zero-order valence-electron chi connectivity index (χ0n) is 32.4. The molecule has 0 bridgehead atoms. The lowest BCUT2D eigenvalue weighted by atomic mass is 10.2. The quantitative estimate of drug-likeness (QED) is 0.0386. The van der Waals surface area contributed by atoms with Crippen molar-refractivity contribution in [1.82, 2.24) is 15.3 Å². The van der Waals surface area contributed by atoms with Crippen LogP contribution in [0.1, 0.15) is 47.5 Å². The van der Waals surface area contributed by atoms with Crippen molar-refractivity contribution < 1.29 is 87.6 Å². The number of carbonyl (C=O) groups excluding carboxylic acids is 8. The summed E-state index contributed by atoms with van der Waals surface area (Å²) in [5, 5.41) is 21.7. The van der Waals surface area contributed by atoms with Crippen LogP contribution in [-0.4, -0.2) is 155 Å². The number of hydrogen-bond acceptors (Lipinski definition) is 18. The maximum Gasteiger partial charge on any atom is 0.358 e. The van der Waals surface area contributed by atoms with Crippen LogP contribution in [0.2, 0.25) is 0 Å². The summed E-state index contributed by atoms with van der Waals surface area (Å²) in [7, 11) is 0. The van der Waals surface area contributed by atoms with Crippen molar-refractivity contribution in [3.8, 4) is 0 Å². The number of esters is 2. The third-order valence-corrected chi connectivity index (χ3v) is 6.00. The summed E-state index contributed by atoms with van der Waals surface area (Å²) >= 11 is 0. The molecule has 0 radical (unpaired) electrons. The molecule has 0 unspecified atom stereocenters. The Hall–Kier alpha value is -4.80. The molecule has 0 aromatic carbocycles. The molecule has 316 valence electrons. The van der Waals surface area contributed by atoms with E-state index in [0.29, 0.717) is 17.1 Å². The topological polar surface area (TPSA) is 293 Å². The largest absolute Gasteiger partial charge is 0.548 e. The van der Waals surface area contributed by atoms with E-state index in [9.17, 15) is 48.6 Å². The maximum absolute atomic E-state index is 11.3. The molecule has 1 aliphatic rings. The summed E-state index contributed by atoms with van der Waals surface area (Å²) in [4.78, 5) is 92.2. The predicted octanol–water partition coefficient (Wildman–Crippen LogP) is -3.93. The summed E-state index contributed by atoms with van der Waals surface area (Å²) in [6, 6.07) is 1.38. The average molecular weight is 794 g/mol. The zero-order valence-corrected chi connectivity index (χ0v) is 32.4. The number of hydroxylamine groups is 2. The fraction of sp³-hybridized carbons (Fsp3) is 0.647. The van der Waals surface area contributed by atoms with Gasteiger partial charge in [0.2, 0.25) is 5.91 Å². The first-order valence-electron chi connectivity index (χ1n) is 17.1. The Morgan fingerprint density at radius 2 is 1.15 bits per heavy atom. The van der Waals surface area contributed by atoms with Crippen LogP contribution in [0.3, 0.4) is 0 Å². The molecule has 55 heavy (non-hydrogen) atoms. The third kappa shape index (κ3) is 36.0. The normalized spacial score (nSPS) is 11.6. The van der Waals surface area contributed by atoms with E-state index in [1.54, 1.807) is 0 Å². The Kier molecular flexibility index (Phi) is 35.9. The number of carboxylic acid groups (broad SMARTS) is 2. The lowest BCUT2D eigenvalue weighted by Crippen LogP contribution is -2.58. The van der Waals surface area contributed by atoms with Gasteiger partial charge in [-0.2, -0.15) is 0 Å². The number of imide groups is 1. The highest BCUT2D eigenvalue weighted by molar-refractivity contribution is 6.01. The number of nitrogens with one attached hydrogen (secondary N) is 1. The number of hydrogen-bond donors (Lipinski definition) is 2. The van der Waals surface area contributed by atoms with Gasteiger partial charge in [0.15, 0.2) is 0 Å². The second kappa shape index (κ2) is 36.2. The number of carboxylic acids is 2. The van der Waals surface area contributed by atoms with E-state index in [1.165, 1.54) is 0 Å². The third-order valence-electron chi connectivity index (χ3n) is 6.00. The molecule has 1 fully saturated rings. The molecule has 0 aliphatic carbocycles. The van der Waals surface area contributed by atoms with Gasteiger partial charge in [-0.3, -0.25) is 19.3 Å². The monoisotopic (exact) mass is 793 g/mol. The number of carbonyl (C=O) groups is 8. The second-order valence-corrected chi connectivity index (χ2v) is 10.9. The van der Waals surface area contributed by atoms with Crippen LogP contribution in [-0.2, 0) is 71.6 Å². The summed E-state index contributed by atoms with van der Waals surface area (Å²) in [6.45, 7) is 18.7. The van der Waals surface area contributed by atoms with Gasteiger partial charge in [0.25, 0.3) is 11.8 Å². The fourth-order valence-electron chi connectivity index (χ4n) is 3.61. The van der Waals surface area contributed by atoms with Crippen molar-refractivity contribution in [3.63, 3.8) is 0 Å². The number of ether oxygens (including phenoxy) is 6. The predicted molar refractivity (Wildman–Crippen MR) is 186 cm³/mol. The van der Waals surface area contributed by atoms with Gasteiger partial charge in [0.05, 0.1) is 58.1 Å². The van der Waals surface area contributed by atoms with Crippen LogP contribution >= 0.6 is 0 Å². The van der Waals surface area contributed by atoms with Gasteiger partial charge in [-0.15, -0.1) is 5.06 Å². The minimum atomic E-state index is -1.37. The van der Waals surface area contributed by atoms with Gasteiger partial charge in [-0.05, 0) is 34.2 Å². The van der Waals surface area contributed by atoms with Crippen LogP contribution in [0.5, 0.6) is 0 Å². The van der Waals surface area contributed by atoms with Crippen molar-refractivity contribution in [1.29, 1.82) is 0 Å². The molecule has 1 aliphatic heterocycles. The lowest BCUT2D eigenvalue weighted by molar-refractivity contribution is -0.396. The van der Waals surface area contributed by atoms with E-state index < -0.39 is 60.7 Å². The van der Waals surface area contributed by atoms with Crippen molar-refractivity contribution in [2.75, 3.05) is 85.7 Å². The van der Waals surface area contributed by atoms with E-state index in [1.807, 2.05) is 0 Å². The highest BCUT2D eigenvalue weighted by Gasteiger charge is 2.32. The molecular formula is C34H57N4O17-. The molecule has 4 N–H and O–H groups in total. The van der Waals surface area contributed by atoms with Crippen LogP contribution in [0, 0.1) is 0 Å². The summed E-state index contributed by atoms with van der Waals surface area (Å²) in [6.07, 6.45) is 2.17. The lowest BCUT2D eigenvalue weighted by Gasteiger charge is -2.28. The van der Waals surface area contributed by atoms with Crippen LogP contribution in [0.4, 0.5) is 0 Å². The molecule has 0 spiro atoms. The Morgan fingerprint density at radius 1 is 0.745 bits per heavy atom. The first kappa shape index (κ1) is 54.5. The standard InChI is InChI=1S/C13H17NO8.C11H17NO7.C8H19N.C2H5NO2/c1-2-12(17)21-8-7-19-5-6-20-9-13(18)22-14-10(15)3-4-11(14)16;1-2-11(16)19-6-5-17-3-4-18-8-9(13)12-7-10(14)15;1-6-9(7(2)3)8(4)5;3-1-2(4)5/h2H,1,3-9H2;2H,1,3-8H2,(H,12,13)(H,14,15);7-8H,6H2,1-5H3;1,3H2,(H,4,5)/p-1. The Balaban J connectivity index is -0.000000739. The van der Waals surface area contributed by atoms with Gasteiger partial charge in [-0.25, -0.2) is 14.4 Å². The minimum Gasteiger partial charge on any atom is -0.548 e. The van der Waals surface area contributed by atoms with Crippen LogP contribution < -0.4 is 21.3 Å². The highest BCUT2D eigenvalue weighted by atomic mass is 16.7. The van der Waals surface area contributed by atoms with Gasteiger partial charge in [0.1, 0.15) is 33.0 Å². The smallest absolute Gasteiger partial charge is 0.358 e. The second-order valence-electron chi connectivity index (χ2n) is 10.9. The van der Waals surface area contributed by atoms with E-state index >= 15 is 0 Å². The average Bonchev–Trinajstić information content (AvgIpc) is 3.45. The van der Waals surface area contributed by atoms with Gasteiger partial charge >= 0.3 is 17.9 Å². The number of nitrogens with zero attached hydrogens (tertiary/aromatic N) is 2. The van der Waals surface area contributed by atoms with Crippen molar-refractivity contribution in [2.24, 2.45) is 0 Å². The first-order valence-corrected chi connectivity index (χ1v) is 17.1. The molecule has 1 heterocycles. The Morgan fingerprint density at radius 3 is 1.49 bits per heavy atom. The molecule has 1 saturated heterocycles. The van der Waals surface area contributed by atoms with Crippen molar-refractivity contribution in [2.45, 2.75) is 59.5 Å². The number of rotatable bonds is 25. The molecule has 21 heteroatoms. The number of amides is 3. The number of aliphatic carboxylic acids is 2. The van der Waals surface area contributed by atoms with Crippen molar-refractivity contribution in [3.05, 3.63) is 25.3 Å². The zero-order chi connectivity index (χ0) is 42.6. The van der Waals surface area contributed by atoms with E-state index in [0.717, 1.165) is 18.7 Å². The van der Waals surface area contributed by atoms with E-state index in [-0.39, 0.29) is 78.8 Å². The Labute approximate surface area is 320 Å². The fourth-order valence-corrected chi connectivity index (χ4v) is 3.61. The minimum absolute atomic E-state index is 0.0389. The van der Waals surface area contributed by atoms with Gasteiger partial charge in [-0.1, -0.05) is 20.1 Å². The summed E-state index contributed by atoms with van der Waals surface area (Å²) in [5.41, 5.74) is 3.02. The molecule has 0 aromatic rings.